The van der Waals surface area contributed by atoms with Gasteiger partial charge in [0.2, 0.25) is 5.96 Å². The molecule has 0 unspecified atom stereocenters. The third kappa shape index (κ3) is 4.63. The first-order chi connectivity index (χ1) is 9.51. The summed E-state index contributed by atoms with van der Waals surface area (Å²) in [5.74, 6) is 0.135. The molecule has 0 saturated heterocycles. The maximum Gasteiger partial charge on any atom is 0.219 e. The molecule has 0 radical (unpaired) electrons. The van der Waals surface area contributed by atoms with Crippen LogP contribution in [-0.2, 0) is 6.42 Å². The predicted octanol–water partition coefficient (Wildman–Crippen LogP) is 1.86. The van der Waals surface area contributed by atoms with Crippen molar-refractivity contribution in [3.8, 4) is 0 Å². The Balaban J connectivity index is 0.00000220. The fourth-order valence-corrected chi connectivity index (χ4v) is 2.92. The first kappa shape index (κ1) is 17.3. The van der Waals surface area contributed by atoms with E-state index in [0.29, 0.717) is 0 Å². The number of aliphatic imine (C=N–C) groups is 2. The lowest BCUT2D eigenvalue weighted by molar-refractivity contribution is 0.438. The molecule has 6 heteroatoms. The van der Waals surface area contributed by atoms with E-state index in [2.05, 4.69) is 41.2 Å². The third-order valence-corrected chi connectivity index (χ3v) is 3.91. The zero-order chi connectivity index (χ0) is 14.6. The summed E-state index contributed by atoms with van der Waals surface area (Å²) in [6.45, 7) is 2.13. The van der Waals surface area contributed by atoms with Crippen LogP contribution in [0, 0.1) is 6.92 Å². The normalized spacial score (nSPS) is 17.1. The number of benzene rings is 1. The minimum atomic E-state index is -0.158. The van der Waals surface area contributed by atoms with Crippen LogP contribution in [0.5, 0.6) is 0 Å². The zero-order valence-corrected chi connectivity index (χ0v) is 13.2. The summed E-state index contributed by atoms with van der Waals surface area (Å²) in [5, 5.41) is 0. The molecule has 6 N–H and O–H groups in total. The minimum Gasteiger partial charge on any atom is -0.370 e. The Hall–Kier alpha value is -1.75. The highest BCUT2D eigenvalue weighted by Crippen LogP contribution is 2.37. The van der Waals surface area contributed by atoms with Crippen molar-refractivity contribution in [2.24, 2.45) is 27.2 Å². The van der Waals surface area contributed by atoms with E-state index in [1.54, 1.807) is 0 Å². The van der Waals surface area contributed by atoms with Gasteiger partial charge in [-0.05, 0) is 37.3 Å². The van der Waals surface area contributed by atoms with Crippen molar-refractivity contribution >= 4 is 24.3 Å². The molecule has 0 aliphatic heterocycles. The quantitative estimate of drug-likeness (QED) is 0.586. The Labute approximate surface area is 132 Å². The molecule has 0 aromatic heterocycles. The highest BCUT2D eigenvalue weighted by atomic mass is 35.5. The van der Waals surface area contributed by atoms with Gasteiger partial charge in [-0.25, -0.2) is 4.99 Å². The minimum absolute atomic E-state index is 0. The van der Waals surface area contributed by atoms with E-state index in [9.17, 15) is 0 Å². The second-order valence-corrected chi connectivity index (χ2v) is 5.54. The van der Waals surface area contributed by atoms with Gasteiger partial charge in [-0.3, -0.25) is 0 Å². The van der Waals surface area contributed by atoms with Gasteiger partial charge in [0.25, 0.3) is 0 Å². The van der Waals surface area contributed by atoms with Crippen LogP contribution in [0.4, 0.5) is 0 Å². The van der Waals surface area contributed by atoms with Crippen molar-refractivity contribution in [1.29, 1.82) is 0 Å². The van der Waals surface area contributed by atoms with Gasteiger partial charge in [0.05, 0.1) is 5.54 Å². The molecule has 1 aromatic carbocycles. The Kier molecular flexibility index (Phi) is 6.03. The number of rotatable bonds is 3. The fourth-order valence-electron chi connectivity index (χ4n) is 2.92. The molecular formula is C15H24ClN5. The Bertz CT molecular complexity index is 529. The van der Waals surface area contributed by atoms with Gasteiger partial charge in [-0.2, -0.15) is 4.99 Å². The van der Waals surface area contributed by atoms with E-state index in [-0.39, 0.29) is 29.9 Å². The molecule has 0 bridgehead atoms. The highest BCUT2D eigenvalue weighted by Gasteiger charge is 2.34. The Morgan fingerprint density at radius 2 is 1.76 bits per heavy atom. The van der Waals surface area contributed by atoms with E-state index in [0.717, 1.165) is 19.3 Å². The van der Waals surface area contributed by atoms with Crippen molar-refractivity contribution in [2.45, 2.75) is 44.6 Å². The molecular weight excluding hydrogens is 286 g/mol. The van der Waals surface area contributed by atoms with Gasteiger partial charge in [-0.15, -0.1) is 12.4 Å². The summed E-state index contributed by atoms with van der Waals surface area (Å²) < 4.78 is 0. The third-order valence-electron chi connectivity index (χ3n) is 3.91. The van der Waals surface area contributed by atoms with E-state index in [4.69, 9.17) is 17.2 Å². The molecule has 0 atom stereocenters. The summed E-state index contributed by atoms with van der Waals surface area (Å²) in [7, 11) is 0. The lowest BCUT2D eigenvalue weighted by atomic mass is 9.88. The van der Waals surface area contributed by atoms with Gasteiger partial charge in [-0.1, -0.05) is 37.1 Å². The topological polar surface area (TPSA) is 103 Å². The highest BCUT2D eigenvalue weighted by molar-refractivity contribution is 5.92. The van der Waals surface area contributed by atoms with Crippen LogP contribution < -0.4 is 17.2 Å². The summed E-state index contributed by atoms with van der Waals surface area (Å²) in [6, 6.07) is 8.40. The smallest absolute Gasteiger partial charge is 0.219 e. The molecule has 0 heterocycles. The molecule has 0 spiro atoms. The lowest BCUT2D eigenvalue weighted by Crippen LogP contribution is -2.32. The lowest BCUT2D eigenvalue weighted by Gasteiger charge is -2.25. The Morgan fingerprint density at radius 3 is 2.33 bits per heavy atom. The number of nitrogens with zero attached hydrogens (tertiary/aromatic N) is 2. The van der Waals surface area contributed by atoms with Gasteiger partial charge >= 0.3 is 0 Å². The molecule has 116 valence electrons. The fraction of sp³-hybridized carbons (Fsp3) is 0.467. The summed E-state index contributed by atoms with van der Waals surface area (Å²) in [6.07, 6.45) is 5.29. The number of aryl methyl sites for hydroxylation is 1. The summed E-state index contributed by atoms with van der Waals surface area (Å²) in [5.41, 5.74) is 19.0. The van der Waals surface area contributed by atoms with Crippen LogP contribution in [0.2, 0.25) is 0 Å². The summed E-state index contributed by atoms with van der Waals surface area (Å²) >= 11 is 0. The maximum absolute atomic E-state index is 5.83. The maximum atomic E-state index is 5.83. The Morgan fingerprint density at radius 1 is 1.14 bits per heavy atom. The second kappa shape index (κ2) is 7.31. The van der Waals surface area contributed by atoms with E-state index in [1.165, 1.54) is 24.0 Å². The van der Waals surface area contributed by atoms with Crippen LogP contribution >= 0.6 is 12.4 Å². The monoisotopic (exact) mass is 309 g/mol. The average Bonchev–Trinajstić information content (AvgIpc) is 2.79. The van der Waals surface area contributed by atoms with Crippen molar-refractivity contribution in [2.75, 3.05) is 0 Å². The first-order valence-corrected chi connectivity index (χ1v) is 7.00. The van der Waals surface area contributed by atoms with Gasteiger partial charge in [0.15, 0.2) is 5.96 Å². The van der Waals surface area contributed by atoms with Gasteiger partial charge in [0.1, 0.15) is 0 Å². The van der Waals surface area contributed by atoms with E-state index < -0.39 is 0 Å². The molecule has 5 nitrogen and oxygen atoms in total. The zero-order valence-electron chi connectivity index (χ0n) is 12.4. The van der Waals surface area contributed by atoms with Crippen LogP contribution in [0.1, 0.15) is 36.8 Å². The first-order valence-electron chi connectivity index (χ1n) is 7.00. The molecule has 1 aromatic rings. The standard InChI is InChI=1S/C15H23N5.ClH/c1-11-6-2-3-7-12(11)10-15(8-4-5-9-15)20-14(18)19-13(16)17;/h2-3,6-7H,4-5,8-10H2,1H3,(H6,16,17,18,19,20);1H. The van der Waals surface area contributed by atoms with Crippen LogP contribution in [0.15, 0.2) is 34.3 Å². The number of halogens is 1. The van der Waals surface area contributed by atoms with Crippen molar-refractivity contribution in [3.63, 3.8) is 0 Å². The van der Waals surface area contributed by atoms with Crippen molar-refractivity contribution < 1.29 is 0 Å². The average molecular weight is 310 g/mol. The molecule has 21 heavy (non-hydrogen) atoms. The van der Waals surface area contributed by atoms with E-state index in [1.807, 2.05) is 0 Å². The van der Waals surface area contributed by atoms with Crippen molar-refractivity contribution in [3.05, 3.63) is 35.4 Å². The summed E-state index contributed by atoms with van der Waals surface area (Å²) in [4.78, 5) is 8.48. The molecule has 1 fully saturated rings. The number of nitrogens with two attached hydrogens (primary N) is 3. The molecule has 1 aliphatic carbocycles. The van der Waals surface area contributed by atoms with Crippen LogP contribution in [0.25, 0.3) is 0 Å². The number of guanidine groups is 2. The molecule has 1 aliphatic rings. The van der Waals surface area contributed by atoms with Gasteiger partial charge < -0.3 is 17.2 Å². The molecule has 2 rings (SSSR count). The SMILES string of the molecule is Cc1ccccc1CC1(N=C(N)N=C(N)N)CCCC1.Cl. The largest absolute Gasteiger partial charge is 0.370 e. The van der Waals surface area contributed by atoms with E-state index >= 15 is 0 Å². The van der Waals surface area contributed by atoms with Crippen LogP contribution in [-0.4, -0.2) is 17.5 Å². The van der Waals surface area contributed by atoms with Crippen molar-refractivity contribution in [1.82, 2.24) is 0 Å². The van der Waals surface area contributed by atoms with Gasteiger partial charge in [0, 0.05) is 0 Å². The number of hydrogen-bond acceptors (Lipinski definition) is 1. The van der Waals surface area contributed by atoms with Crippen LogP contribution in [0.3, 0.4) is 0 Å². The molecule has 0 amide bonds. The predicted molar refractivity (Wildman–Crippen MR) is 90.8 cm³/mol. The molecule has 1 saturated carbocycles. The second-order valence-electron chi connectivity index (χ2n) is 5.54. The number of hydrogen-bond donors (Lipinski definition) is 3.